The number of hydrogen-bond acceptors (Lipinski definition) is 4. The molecule has 0 aromatic carbocycles. The number of rotatable bonds is 3. The summed E-state index contributed by atoms with van der Waals surface area (Å²) in [5, 5.41) is 12.5. The fourth-order valence-electron chi connectivity index (χ4n) is 3.23. The van der Waals surface area contributed by atoms with Crippen molar-refractivity contribution in [1.82, 2.24) is 10.2 Å². The highest BCUT2D eigenvalue weighted by Gasteiger charge is 2.35. The lowest BCUT2D eigenvalue weighted by atomic mass is 9.86. The Labute approximate surface area is 124 Å². The predicted octanol–water partition coefficient (Wildman–Crippen LogP) is 1.24. The first kappa shape index (κ1) is 14.1. The van der Waals surface area contributed by atoms with E-state index in [9.17, 15) is 14.7 Å². The van der Waals surface area contributed by atoms with Crippen LogP contribution in [0, 0.1) is 0 Å². The number of aliphatic carboxylic acids is 1. The molecule has 2 heterocycles. The van der Waals surface area contributed by atoms with Gasteiger partial charge in [-0.2, -0.15) is 0 Å². The standard InChI is InChI=1S/C16H20N2O3/c19-15-11-6-2-3-7-13(11)17-14(16(20)21)12(15)10-18-8-4-1-5-9-18/h2-3,6,13,17H,1,4-5,7-10H2,(H,20,21)/t13-/m0/s1. The minimum absolute atomic E-state index is 0.0861. The summed E-state index contributed by atoms with van der Waals surface area (Å²) in [7, 11) is 0. The van der Waals surface area contributed by atoms with Gasteiger partial charge in [0.15, 0.2) is 5.78 Å². The zero-order valence-corrected chi connectivity index (χ0v) is 12.0. The summed E-state index contributed by atoms with van der Waals surface area (Å²) in [5.41, 5.74) is 1.18. The molecule has 1 fully saturated rings. The summed E-state index contributed by atoms with van der Waals surface area (Å²) in [6.45, 7) is 2.30. The molecule has 5 nitrogen and oxygen atoms in total. The van der Waals surface area contributed by atoms with Crippen LogP contribution in [0.3, 0.4) is 0 Å². The maximum absolute atomic E-state index is 12.7. The van der Waals surface area contributed by atoms with E-state index in [4.69, 9.17) is 0 Å². The SMILES string of the molecule is O=C(O)C1=C(CN2CCCCC2)C(=O)C2=CC=CC[C@@H]2N1. The summed E-state index contributed by atoms with van der Waals surface area (Å²) in [5.74, 6) is -1.14. The minimum atomic E-state index is -1.04. The van der Waals surface area contributed by atoms with E-state index in [0.29, 0.717) is 24.1 Å². The number of ketones is 1. The Morgan fingerprint density at radius 2 is 2.10 bits per heavy atom. The molecule has 0 unspecified atom stereocenters. The molecule has 0 amide bonds. The quantitative estimate of drug-likeness (QED) is 0.817. The van der Waals surface area contributed by atoms with Gasteiger partial charge in [0, 0.05) is 17.7 Å². The Hall–Kier alpha value is -1.88. The van der Waals surface area contributed by atoms with Crippen molar-refractivity contribution in [2.45, 2.75) is 31.7 Å². The van der Waals surface area contributed by atoms with E-state index >= 15 is 0 Å². The molecular weight excluding hydrogens is 268 g/mol. The van der Waals surface area contributed by atoms with Crippen molar-refractivity contribution in [1.29, 1.82) is 0 Å². The number of carboxylic acids is 1. The van der Waals surface area contributed by atoms with Gasteiger partial charge in [-0.3, -0.25) is 9.69 Å². The first-order valence-corrected chi connectivity index (χ1v) is 7.53. The van der Waals surface area contributed by atoms with Crippen molar-refractivity contribution in [3.63, 3.8) is 0 Å². The molecule has 0 aromatic heterocycles. The minimum Gasteiger partial charge on any atom is -0.477 e. The van der Waals surface area contributed by atoms with Gasteiger partial charge in [0.1, 0.15) is 5.70 Å². The van der Waals surface area contributed by atoms with Crippen LogP contribution in [0.25, 0.3) is 0 Å². The maximum Gasteiger partial charge on any atom is 0.352 e. The van der Waals surface area contributed by atoms with Crippen molar-refractivity contribution in [3.8, 4) is 0 Å². The van der Waals surface area contributed by atoms with Crippen LogP contribution < -0.4 is 5.32 Å². The molecule has 5 heteroatoms. The first-order valence-electron chi connectivity index (χ1n) is 7.53. The third kappa shape index (κ3) is 2.78. The number of nitrogens with zero attached hydrogens (tertiary/aromatic N) is 1. The third-order valence-electron chi connectivity index (χ3n) is 4.36. The van der Waals surface area contributed by atoms with Crippen LogP contribution in [0.4, 0.5) is 0 Å². The molecule has 0 radical (unpaired) electrons. The van der Waals surface area contributed by atoms with Gasteiger partial charge < -0.3 is 10.4 Å². The van der Waals surface area contributed by atoms with Crippen molar-refractivity contribution in [2.75, 3.05) is 19.6 Å². The van der Waals surface area contributed by atoms with E-state index in [0.717, 1.165) is 25.9 Å². The Bertz CT molecular complexity index is 554. The normalized spacial score (nSPS) is 26.2. The van der Waals surface area contributed by atoms with Crippen LogP contribution >= 0.6 is 0 Å². The molecule has 3 aliphatic rings. The second-order valence-electron chi connectivity index (χ2n) is 5.81. The van der Waals surface area contributed by atoms with E-state index in [-0.39, 0.29) is 17.5 Å². The number of Topliss-reactive ketones (excluding diaryl/α,β-unsaturated/α-hetero) is 1. The molecule has 0 spiro atoms. The number of likely N-dealkylation sites (tertiary alicyclic amines) is 1. The largest absolute Gasteiger partial charge is 0.477 e. The van der Waals surface area contributed by atoms with Crippen LogP contribution in [0.5, 0.6) is 0 Å². The maximum atomic E-state index is 12.7. The van der Waals surface area contributed by atoms with Crippen molar-refractivity contribution < 1.29 is 14.7 Å². The van der Waals surface area contributed by atoms with Crippen LogP contribution in [0.15, 0.2) is 35.1 Å². The fourth-order valence-corrected chi connectivity index (χ4v) is 3.23. The smallest absolute Gasteiger partial charge is 0.352 e. The Morgan fingerprint density at radius 1 is 1.33 bits per heavy atom. The predicted molar refractivity (Wildman–Crippen MR) is 78.7 cm³/mol. The lowest BCUT2D eigenvalue weighted by Crippen LogP contribution is -2.45. The topological polar surface area (TPSA) is 69.6 Å². The summed E-state index contributed by atoms with van der Waals surface area (Å²) >= 11 is 0. The first-order chi connectivity index (χ1) is 10.2. The van der Waals surface area contributed by atoms with E-state index in [1.165, 1.54) is 6.42 Å². The Morgan fingerprint density at radius 3 is 2.81 bits per heavy atom. The molecule has 2 N–H and O–H groups in total. The molecule has 0 saturated carbocycles. The lowest BCUT2D eigenvalue weighted by Gasteiger charge is -2.33. The molecule has 3 rings (SSSR count). The number of fused-ring (bicyclic) bond motifs is 1. The van der Waals surface area contributed by atoms with Gasteiger partial charge >= 0.3 is 5.97 Å². The number of piperidine rings is 1. The second kappa shape index (κ2) is 5.85. The fraction of sp³-hybridized carbons (Fsp3) is 0.500. The zero-order chi connectivity index (χ0) is 14.8. The number of hydrogen-bond donors (Lipinski definition) is 2. The van der Waals surface area contributed by atoms with Crippen LogP contribution in [-0.2, 0) is 9.59 Å². The summed E-state index contributed by atoms with van der Waals surface area (Å²) in [6, 6.07) is -0.196. The third-order valence-corrected chi connectivity index (χ3v) is 4.36. The van der Waals surface area contributed by atoms with Crippen LogP contribution in [0.1, 0.15) is 25.7 Å². The highest BCUT2D eigenvalue weighted by Crippen LogP contribution is 2.26. The van der Waals surface area contributed by atoms with E-state index in [2.05, 4.69) is 10.2 Å². The van der Waals surface area contributed by atoms with Gasteiger partial charge in [-0.15, -0.1) is 0 Å². The molecule has 1 aliphatic carbocycles. The van der Waals surface area contributed by atoms with E-state index in [1.54, 1.807) is 6.08 Å². The van der Waals surface area contributed by atoms with Gasteiger partial charge in [0.2, 0.25) is 0 Å². The molecular formula is C16H20N2O3. The number of allylic oxidation sites excluding steroid dienone is 2. The Balaban J connectivity index is 1.89. The summed E-state index contributed by atoms with van der Waals surface area (Å²) in [4.78, 5) is 26.3. The van der Waals surface area contributed by atoms with Gasteiger partial charge in [-0.05, 0) is 32.4 Å². The van der Waals surface area contributed by atoms with Crippen LogP contribution in [0.2, 0.25) is 0 Å². The molecule has 1 saturated heterocycles. The zero-order valence-electron chi connectivity index (χ0n) is 12.0. The summed E-state index contributed by atoms with van der Waals surface area (Å²) in [6.07, 6.45) is 9.73. The van der Waals surface area contributed by atoms with E-state index < -0.39 is 5.97 Å². The van der Waals surface area contributed by atoms with Gasteiger partial charge in [-0.1, -0.05) is 24.6 Å². The molecule has 2 aliphatic heterocycles. The Kier molecular flexibility index (Phi) is 3.92. The monoisotopic (exact) mass is 288 g/mol. The average molecular weight is 288 g/mol. The van der Waals surface area contributed by atoms with Crippen molar-refractivity contribution >= 4 is 11.8 Å². The molecule has 0 bridgehead atoms. The number of nitrogens with one attached hydrogen (secondary N) is 1. The molecule has 0 aromatic rings. The second-order valence-corrected chi connectivity index (χ2v) is 5.81. The number of carbonyl (C=O) groups is 2. The molecule has 21 heavy (non-hydrogen) atoms. The highest BCUT2D eigenvalue weighted by molar-refractivity contribution is 6.14. The average Bonchev–Trinajstić information content (AvgIpc) is 2.51. The van der Waals surface area contributed by atoms with Crippen molar-refractivity contribution in [3.05, 3.63) is 35.1 Å². The van der Waals surface area contributed by atoms with Crippen molar-refractivity contribution in [2.24, 2.45) is 0 Å². The van der Waals surface area contributed by atoms with Crippen LogP contribution in [-0.4, -0.2) is 47.4 Å². The highest BCUT2D eigenvalue weighted by atomic mass is 16.4. The number of carboxylic acid groups (broad SMARTS) is 1. The van der Waals surface area contributed by atoms with Gasteiger partial charge in [0.25, 0.3) is 0 Å². The van der Waals surface area contributed by atoms with E-state index in [1.807, 2.05) is 12.2 Å². The molecule has 112 valence electrons. The van der Waals surface area contributed by atoms with Gasteiger partial charge in [-0.25, -0.2) is 4.79 Å². The summed E-state index contributed by atoms with van der Waals surface area (Å²) < 4.78 is 0. The lowest BCUT2D eigenvalue weighted by molar-refractivity contribution is -0.133. The van der Waals surface area contributed by atoms with Gasteiger partial charge in [0.05, 0.1) is 6.04 Å². The number of carbonyl (C=O) groups excluding carboxylic acids is 1. The molecule has 1 atom stereocenters.